The monoisotopic (exact) mass is 322 g/mol. The summed E-state index contributed by atoms with van der Waals surface area (Å²) >= 11 is 1.50. The number of nitriles is 1. The highest BCUT2D eigenvalue weighted by molar-refractivity contribution is 7.15. The molecule has 1 aliphatic heterocycles. The van der Waals surface area contributed by atoms with Crippen molar-refractivity contribution in [3.05, 3.63) is 63.5 Å². The van der Waals surface area contributed by atoms with Crippen molar-refractivity contribution in [3.63, 3.8) is 0 Å². The maximum atomic E-state index is 9.56. The number of ether oxygens (including phenoxy) is 1. The second kappa shape index (κ2) is 5.61. The van der Waals surface area contributed by atoms with Gasteiger partial charge in [-0.05, 0) is 18.1 Å². The Hall–Kier alpha value is -2.49. The first-order chi connectivity index (χ1) is 11.3. The Morgan fingerprint density at radius 1 is 1.26 bits per heavy atom. The van der Waals surface area contributed by atoms with E-state index in [0.717, 1.165) is 39.1 Å². The molecule has 0 aliphatic carbocycles. The van der Waals surface area contributed by atoms with Gasteiger partial charge in [-0.3, -0.25) is 4.57 Å². The molecule has 0 radical (unpaired) electrons. The van der Waals surface area contributed by atoms with Crippen LogP contribution < -0.4 is 0 Å². The van der Waals surface area contributed by atoms with Gasteiger partial charge in [0.2, 0.25) is 0 Å². The molecule has 23 heavy (non-hydrogen) atoms. The largest absolute Gasteiger partial charge is 0.369 e. The van der Waals surface area contributed by atoms with Crippen molar-refractivity contribution in [2.75, 3.05) is 0 Å². The molecule has 0 fully saturated rings. The van der Waals surface area contributed by atoms with Gasteiger partial charge in [-0.25, -0.2) is 0 Å². The van der Waals surface area contributed by atoms with E-state index < -0.39 is 0 Å². The molecule has 3 heterocycles. The summed E-state index contributed by atoms with van der Waals surface area (Å²) in [7, 11) is 0. The van der Waals surface area contributed by atoms with Gasteiger partial charge in [0.05, 0.1) is 6.61 Å². The van der Waals surface area contributed by atoms with E-state index >= 15 is 0 Å². The third-order valence-electron chi connectivity index (χ3n) is 3.99. The van der Waals surface area contributed by atoms with Crippen molar-refractivity contribution in [2.24, 2.45) is 0 Å². The number of thiophene rings is 1. The minimum atomic E-state index is 0.439. The Kier molecular flexibility index (Phi) is 3.45. The maximum Gasteiger partial charge on any atom is 0.164 e. The topological polar surface area (TPSA) is 63.7 Å². The number of rotatable bonds is 2. The van der Waals surface area contributed by atoms with Crippen molar-refractivity contribution < 1.29 is 4.74 Å². The van der Waals surface area contributed by atoms with Crippen LogP contribution >= 0.6 is 11.3 Å². The first-order valence-corrected chi connectivity index (χ1v) is 8.17. The normalized spacial score (nSPS) is 13.0. The highest BCUT2D eigenvalue weighted by atomic mass is 32.1. The van der Waals surface area contributed by atoms with Crippen molar-refractivity contribution in [1.29, 1.82) is 5.26 Å². The van der Waals surface area contributed by atoms with Gasteiger partial charge in [-0.1, -0.05) is 30.3 Å². The van der Waals surface area contributed by atoms with Crippen LogP contribution in [0.3, 0.4) is 0 Å². The third kappa shape index (κ3) is 2.34. The van der Waals surface area contributed by atoms with Crippen LogP contribution in [0.25, 0.3) is 5.00 Å². The summed E-state index contributed by atoms with van der Waals surface area (Å²) < 4.78 is 7.79. The molecular weight excluding hydrogens is 308 g/mol. The van der Waals surface area contributed by atoms with Crippen LogP contribution in [-0.4, -0.2) is 14.8 Å². The first kappa shape index (κ1) is 14.1. The summed E-state index contributed by atoms with van der Waals surface area (Å²) in [6, 6.07) is 12.5. The van der Waals surface area contributed by atoms with Gasteiger partial charge in [0.15, 0.2) is 5.82 Å². The highest BCUT2D eigenvalue weighted by Gasteiger charge is 2.25. The van der Waals surface area contributed by atoms with Crippen LogP contribution in [0.1, 0.15) is 33.2 Å². The molecule has 0 spiro atoms. The van der Waals surface area contributed by atoms with Gasteiger partial charge < -0.3 is 4.74 Å². The maximum absolute atomic E-state index is 9.56. The Labute approximate surface area is 137 Å². The van der Waals surface area contributed by atoms with Crippen LogP contribution in [-0.2, 0) is 24.4 Å². The molecule has 3 aromatic rings. The molecule has 6 heteroatoms. The van der Waals surface area contributed by atoms with E-state index in [1.54, 1.807) is 0 Å². The third-order valence-corrected chi connectivity index (χ3v) is 5.16. The molecule has 2 aromatic heterocycles. The number of aryl methyl sites for hydroxylation is 1. The summed E-state index contributed by atoms with van der Waals surface area (Å²) in [6.45, 7) is 2.86. The average molecular weight is 322 g/mol. The molecule has 0 N–H and O–H groups in total. The molecule has 0 amide bonds. The molecule has 0 saturated carbocycles. The Balaban J connectivity index is 1.88. The summed E-state index contributed by atoms with van der Waals surface area (Å²) in [4.78, 5) is 0.739. The number of hydrogen-bond donors (Lipinski definition) is 0. The number of nitrogens with zero attached hydrogens (tertiary/aromatic N) is 4. The summed E-state index contributed by atoms with van der Waals surface area (Å²) in [5.74, 6) is 1.61. The van der Waals surface area contributed by atoms with Crippen molar-refractivity contribution in [1.82, 2.24) is 14.8 Å². The van der Waals surface area contributed by atoms with E-state index in [1.165, 1.54) is 16.9 Å². The van der Waals surface area contributed by atoms with Gasteiger partial charge in [0.1, 0.15) is 28.4 Å². The molecule has 0 saturated heterocycles. The summed E-state index contributed by atoms with van der Waals surface area (Å²) in [5.41, 5.74) is 3.33. The van der Waals surface area contributed by atoms with Crippen LogP contribution in [0.5, 0.6) is 0 Å². The Morgan fingerprint density at radius 2 is 2.09 bits per heavy atom. The predicted molar refractivity (Wildman–Crippen MR) is 86.4 cm³/mol. The second-order valence-corrected chi connectivity index (χ2v) is 6.46. The minimum Gasteiger partial charge on any atom is -0.369 e. The van der Waals surface area contributed by atoms with Crippen LogP contribution in [0.15, 0.2) is 30.3 Å². The number of hydrogen-bond acceptors (Lipinski definition) is 5. The number of benzene rings is 1. The number of aromatic nitrogens is 3. The predicted octanol–water partition coefficient (Wildman–Crippen LogP) is 3.13. The SMILES string of the molecule is Cc1nnc2n1-c1sc(C#N)c(Cc3ccccc3)c1COC2. The summed E-state index contributed by atoms with van der Waals surface area (Å²) in [6.07, 6.45) is 0.732. The molecule has 0 atom stereocenters. The lowest BCUT2D eigenvalue weighted by molar-refractivity contribution is 0.104. The van der Waals surface area contributed by atoms with Gasteiger partial charge in [0.25, 0.3) is 0 Å². The van der Waals surface area contributed by atoms with E-state index in [1.807, 2.05) is 29.7 Å². The van der Waals surface area contributed by atoms with Gasteiger partial charge in [-0.2, -0.15) is 5.26 Å². The van der Waals surface area contributed by atoms with E-state index in [4.69, 9.17) is 4.74 Å². The smallest absolute Gasteiger partial charge is 0.164 e. The average Bonchev–Trinajstić information content (AvgIpc) is 3.03. The van der Waals surface area contributed by atoms with Crippen molar-refractivity contribution in [3.8, 4) is 11.1 Å². The standard InChI is InChI=1S/C17H14N4OS/c1-11-19-20-16-10-22-9-14-13(7-12-5-3-2-4-6-12)15(8-18)23-17(14)21(11)16/h2-6H,7,9-10H2,1H3. The van der Waals surface area contributed by atoms with Gasteiger partial charge in [-0.15, -0.1) is 21.5 Å². The molecule has 1 aliphatic rings. The molecule has 5 nitrogen and oxygen atoms in total. The minimum absolute atomic E-state index is 0.439. The lowest BCUT2D eigenvalue weighted by atomic mass is 10.0. The Morgan fingerprint density at radius 3 is 2.87 bits per heavy atom. The molecule has 0 bridgehead atoms. The van der Waals surface area contributed by atoms with Crippen LogP contribution in [0, 0.1) is 18.3 Å². The molecule has 4 rings (SSSR count). The second-order valence-electron chi connectivity index (χ2n) is 5.46. The fourth-order valence-electron chi connectivity index (χ4n) is 2.90. The van der Waals surface area contributed by atoms with Gasteiger partial charge >= 0.3 is 0 Å². The molecule has 1 aromatic carbocycles. The first-order valence-electron chi connectivity index (χ1n) is 7.35. The van der Waals surface area contributed by atoms with Gasteiger partial charge in [0, 0.05) is 12.0 Å². The van der Waals surface area contributed by atoms with E-state index in [9.17, 15) is 5.26 Å². The quantitative estimate of drug-likeness (QED) is 0.727. The van der Waals surface area contributed by atoms with Crippen molar-refractivity contribution in [2.45, 2.75) is 26.6 Å². The highest BCUT2D eigenvalue weighted by Crippen LogP contribution is 2.36. The zero-order chi connectivity index (χ0) is 15.8. The fourth-order valence-corrected chi connectivity index (χ4v) is 4.09. The zero-order valence-corrected chi connectivity index (χ0v) is 13.4. The zero-order valence-electron chi connectivity index (χ0n) is 12.6. The summed E-state index contributed by atoms with van der Waals surface area (Å²) in [5, 5.41) is 18.9. The molecular formula is C17H14N4OS. The lowest BCUT2D eigenvalue weighted by Gasteiger charge is -2.06. The molecule has 114 valence electrons. The van der Waals surface area contributed by atoms with Crippen LogP contribution in [0.4, 0.5) is 0 Å². The molecule has 0 unspecified atom stereocenters. The lowest BCUT2D eigenvalue weighted by Crippen LogP contribution is -2.00. The van der Waals surface area contributed by atoms with E-state index in [2.05, 4.69) is 28.4 Å². The van der Waals surface area contributed by atoms with E-state index in [-0.39, 0.29) is 0 Å². The fraction of sp³-hybridized carbons (Fsp3) is 0.235. The Bertz CT molecular complexity index is 905. The van der Waals surface area contributed by atoms with Crippen LogP contribution in [0.2, 0.25) is 0 Å². The van der Waals surface area contributed by atoms with Crippen molar-refractivity contribution >= 4 is 11.3 Å². The van der Waals surface area contributed by atoms with E-state index in [0.29, 0.717) is 13.2 Å². The number of fused-ring (bicyclic) bond motifs is 3.